The van der Waals surface area contributed by atoms with Crippen LogP contribution in [-0.4, -0.2) is 15.6 Å². The molecule has 4 aromatic rings. The number of halogens is 4. The van der Waals surface area contributed by atoms with E-state index in [9.17, 15) is 0 Å². The lowest BCUT2D eigenvalue weighted by Crippen LogP contribution is -1.86. The van der Waals surface area contributed by atoms with Gasteiger partial charge < -0.3 is 0 Å². The third kappa shape index (κ3) is 3.69. The second-order valence-corrected chi connectivity index (χ2v) is 7.45. The van der Waals surface area contributed by atoms with Crippen molar-refractivity contribution in [1.82, 2.24) is 9.38 Å². The minimum atomic E-state index is 0.506. The van der Waals surface area contributed by atoms with E-state index in [1.165, 1.54) is 0 Å². The molecular formula is C20H11Cl4N3. The van der Waals surface area contributed by atoms with Gasteiger partial charge in [0.15, 0.2) is 5.82 Å². The molecule has 3 nitrogen and oxygen atoms in total. The average Bonchev–Trinajstić information content (AvgIpc) is 2.99. The largest absolute Gasteiger partial charge is 0.284 e. The van der Waals surface area contributed by atoms with E-state index in [0.29, 0.717) is 31.6 Å². The van der Waals surface area contributed by atoms with Crippen LogP contribution in [0, 0.1) is 0 Å². The molecule has 0 unspecified atom stereocenters. The number of aliphatic imine (C=N–C) groups is 1. The highest BCUT2D eigenvalue weighted by molar-refractivity contribution is 6.37. The van der Waals surface area contributed by atoms with Gasteiger partial charge in [0.2, 0.25) is 0 Å². The Morgan fingerprint density at radius 3 is 2.33 bits per heavy atom. The number of hydrogen-bond acceptors (Lipinski definition) is 2. The Morgan fingerprint density at radius 2 is 1.59 bits per heavy atom. The van der Waals surface area contributed by atoms with Crippen LogP contribution in [0.15, 0.2) is 65.8 Å². The van der Waals surface area contributed by atoms with Crippen molar-refractivity contribution in [2.75, 3.05) is 0 Å². The Bertz CT molecular complexity index is 1180. The average molecular weight is 435 g/mol. The van der Waals surface area contributed by atoms with Crippen molar-refractivity contribution in [2.24, 2.45) is 4.99 Å². The fourth-order valence-corrected chi connectivity index (χ4v) is 3.66. The first-order valence-corrected chi connectivity index (χ1v) is 9.46. The predicted octanol–water partition coefficient (Wildman–Crippen LogP) is 7.37. The van der Waals surface area contributed by atoms with Crippen LogP contribution < -0.4 is 0 Å². The summed E-state index contributed by atoms with van der Waals surface area (Å²) in [5.41, 5.74) is 2.91. The molecule has 2 aromatic heterocycles. The van der Waals surface area contributed by atoms with E-state index in [1.807, 2.05) is 40.9 Å². The molecule has 0 aliphatic rings. The Balaban J connectivity index is 1.89. The Labute approximate surface area is 175 Å². The van der Waals surface area contributed by atoms with Gasteiger partial charge in [-0.05, 0) is 42.5 Å². The molecular weight excluding hydrogens is 424 g/mol. The van der Waals surface area contributed by atoms with Gasteiger partial charge in [-0.2, -0.15) is 0 Å². The van der Waals surface area contributed by atoms with Crippen molar-refractivity contribution in [3.8, 4) is 11.3 Å². The van der Waals surface area contributed by atoms with E-state index in [0.717, 1.165) is 16.8 Å². The summed E-state index contributed by atoms with van der Waals surface area (Å²) < 4.78 is 1.89. The van der Waals surface area contributed by atoms with Crippen LogP contribution in [-0.2, 0) is 0 Å². The number of aromatic nitrogens is 2. The molecule has 0 amide bonds. The molecule has 0 saturated heterocycles. The molecule has 0 aliphatic heterocycles. The Hall–Kier alpha value is -2.04. The lowest BCUT2D eigenvalue weighted by molar-refractivity contribution is 1.17. The fraction of sp³-hybridized carbons (Fsp3) is 0. The van der Waals surface area contributed by atoms with Crippen molar-refractivity contribution >= 4 is 64.1 Å². The van der Waals surface area contributed by atoms with E-state index in [-0.39, 0.29) is 0 Å². The monoisotopic (exact) mass is 433 g/mol. The smallest absolute Gasteiger partial charge is 0.165 e. The topological polar surface area (TPSA) is 29.7 Å². The van der Waals surface area contributed by atoms with Gasteiger partial charge in [0.1, 0.15) is 11.3 Å². The van der Waals surface area contributed by atoms with Gasteiger partial charge >= 0.3 is 0 Å². The molecule has 0 N–H and O–H groups in total. The summed E-state index contributed by atoms with van der Waals surface area (Å²) in [5, 5.41) is 2.16. The van der Waals surface area contributed by atoms with Crippen LogP contribution in [0.3, 0.4) is 0 Å². The van der Waals surface area contributed by atoms with Gasteiger partial charge in [-0.25, -0.2) is 9.98 Å². The minimum absolute atomic E-state index is 0.506. The second kappa shape index (κ2) is 7.53. The first kappa shape index (κ1) is 18.3. The summed E-state index contributed by atoms with van der Waals surface area (Å²) in [6.07, 6.45) is 3.58. The lowest BCUT2D eigenvalue weighted by atomic mass is 10.1. The van der Waals surface area contributed by atoms with Crippen molar-refractivity contribution < 1.29 is 0 Å². The number of rotatable bonds is 3. The van der Waals surface area contributed by atoms with Crippen molar-refractivity contribution in [3.63, 3.8) is 0 Å². The van der Waals surface area contributed by atoms with Gasteiger partial charge in [-0.15, -0.1) is 0 Å². The van der Waals surface area contributed by atoms with E-state index in [1.54, 1.807) is 30.5 Å². The minimum Gasteiger partial charge on any atom is -0.284 e. The molecule has 0 aliphatic carbocycles. The van der Waals surface area contributed by atoms with Gasteiger partial charge in [0, 0.05) is 33.6 Å². The first-order chi connectivity index (χ1) is 13.0. The van der Waals surface area contributed by atoms with Crippen LogP contribution in [0.4, 0.5) is 5.82 Å². The lowest BCUT2D eigenvalue weighted by Gasteiger charge is -2.04. The maximum atomic E-state index is 6.40. The third-order valence-electron chi connectivity index (χ3n) is 3.98. The van der Waals surface area contributed by atoms with Crippen LogP contribution in [0.2, 0.25) is 20.1 Å². The van der Waals surface area contributed by atoms with Crippen LogP contribution in [0.1, 0.15) is 5.56 Å². The molecule has 0 radical (unpaired) electrons. The summed E-state index contributed by atoms with van der Waals surface area (Å²) in [5.74, 6) is 0.640. The molecule has 2 heterocycles. The maximum Gasteiger partial charge on any atom is 0.165 e. The molecule has 27 heavy (non-hydrogen) atoms. The van der Waals surface area contributed by atoms with Crippen LogP contribution in [0.25, 0.3) is 16.9 Å². The van der Waals surface area contributed by atoms with Gasteiger partial charge in [-0.1, -0.05) is 58.5 Å². The summed E-state index contributed by atoms with van der Waals surface area (Å²) in [6, 6.07) is 16.3. The van der Waals surface area contributed by atoms with Crippen LogP contribution >= 0.6 is 46.4 Å². The molecule has 0 bridgehead atoms. The molecule has 7 heteroatoms. The van der Waals surface area contributed by atoms with Gasteiger partial charge in [0.25, 0.3) is 0 Å². The summed E-state index contributed by atoms with van der Waals surface area (Å²) in [4.78, 5) is 9.34. The molecule has 0 saturated carbocycles. The predicted molar refractivity (Wildman–Crippen MR) is 114 cm³/mol. The maximum absolute atomic E-state index is 6.40. The number of hydrogen-bond donors (Lipinski definition) is 0. The van der Waals surface area contributed by atoms with E-state index >= 15 is 0 Å². The van der Waals surface area contributed by atoms with Crippen molar-refractivity contribution in [1.29, 1.82) is 0 Å². The summed E-state index contributed by atoms with van der Waals surface area (Å²) in [7, 11) is 0. The number of nitrogens with zero attached hydrogens (tertiary/aromatic N) is 3. The van der Waals surface area contributed by atoms with Gasteiger partial charge in [-0.3, -0.25) is 4.40 Å². The van der Waals surface area contributed by atoms with E-state index < -0.39 is 0 Å². The zero-order chi connectivity index (χ0) is 19.0. The van der Waals surface area contributed by atoms with Crippen molar-refractivity contribution in [3.05, 3.63) is 86.4 Å². The van der Waals surface area contributed by atoms with E-state index in [4.69, 9.17) is 46.4 Å². The quantitative estimate of drug-likeness (QED) is 0.309. The second-order valence-electron chi connectivity index (χ2n) is 5.76. The number of pyridine rings is 1. The van der Waals surface area contributed by atoms with Crippen molar-refractivity contribution in [2.45, 2.75) is 0 Å². The molecule has 134 valence electrons. The molecule has 4 rings (SSSR count). The zero-order valence-electron chi connectivity index (χ0n) is 13.7. The highest BCUT2D eigenvalue weighted by atomic mass is 35.5. The number of fused-ring (bicyclic) bond motifs is 1. The normalized spacial score (nSPS) is 11.6. The highest BCUT2D eigenvalue weighted by Crippen LogP contribution is 2.36. The zero-order valence-corrected chi connectivity index (χ0v) is 16.7. The Kier molecular flexibility index (Phi) is 5.11. The molecule has 0 atom stereocenters. The SMILES string of the molecule is Clc1ccc(C=Nc2c(-c3ccc(Cl)cc3Cl)nc3ccccn23)c(Cl)c1. The van der Waals surface area contributed by atoms with Crippen LogP contribution in [0.5, 0.6) is 0 Å². The molecule has 2 aromatic carbocycles. The standard InChI is InChI=1S/C20H11Cl4N3/c21-13-5-4-12(16(23)9-13)11-25-20-19(15-7-6-14(22)10-17(15)24)26-18-3-1-2-8-27(18)20/h1-11H. The Morgan fingerprint density at radius 1 is 0.852 bits per heavy atom. The fourth-order valence-electron chi connectivity index (χ4n) is 2.71. The summed E-state index contributed by atoms with van der Waals surface area (Å²) in [6.45, 7) is 0. The molecule has 0 fully saturated rings. The van der Waals surface area contributed by atoms with E-state index in [2.05, 4.69) is 9.98 Å². The molecule has 0 spiro atoms. The highest BCUT2D eigenvalue weighted by Gasteiger charge is 2.16. The first-order valence-electron chi connectivity index (χ1n) is 7.94. The number of imidazole rings is 1. The summed E-state index contributed by atoms with van der Waals surface area (Å²) >= 11 is 24.6. The van der Waals surface area contributed by atoms with Gasteiger partial charge in [0.05, 0.1) is 10.0 Å². The third-order valence-corrected chi connectivity index (χ3v) is 5.09. The number of benzene rings is 2.